The Morgan fingerprint density at radius 1 is 1.41 bits per heavy atom. The molecule has 4 heteroatoms. The molecule has 0 heterocycles. The second-order valence-corrected chi connectivity index (χ2v) is 4.58. The number of carboxylic acid groups (broad SMARTS) is 1. The maximum atomic E-state index is 13.6. The van der Waals surface area contributed by atoms with Gasteiger partial charge in [-0.25, -0.2) is 9.18 Å². The van der Waals surface area contributed by atoms with E-state index in [4.69, 9.17) is 9.84 Å². The molecule has 0 aliphatic heterocycles. The average Bonchev–Trinajstić information content (AvgIpc) is 2.17. The molecule has 3 nitrogen and oxygen atoms in total. The van der Waals surface area contributed by atoms with Gasteiger partial charge in [0, 0.05) is 6.08 Å². The van der Waals surface area contributed by atoms with Gasteiger partial charge in [0.05, 0.1) is 0 Å². The van der Waals surface area contributed by atoms with E-state index in [1.165, 1.54) is 18.2 Å². The first-order valence-corrected chi connectivity index (χ1v) is 5.17. The average molecular weight is 238 g/mol. The number of carbonyl (C=O) groups is 1. The molecule has 0 aliphatic carbocycles. The summed E-state index contributed by atoms with van der Waals surface area (Å²) in [5.41, 5.74) is 0.00497. The van der Waals surface area contributed by atoms with Gasteiger partial charge in [0.25, 0.3) is 0 Å². The van der Waals surface area contributed by atoms with Gasteiger partial charge in [-0.15, -0.1) is 0 Å². The van der Waals surface area contributed by atoms with Gasteiger partial charge in [0.1, 0.15) is 5.60 Å². The number of ether oxygens (including phenoxy) is 1. The first-order chi connectivity index (χ1) is 7.78. The van der Waals surface area contributed by atoms with Crippen LogP contribution in [-0.2, 0) is 4.79 Å². The van der Waals surface area contributed by atoms with Crippen LogP contribution in [0.2, 0.25) is 0 Å². The van der Waals surface area contributed by atoms with E-state index in [0.29, 0.717) is 5.56 Å². The lowest BCUT2D eigenvalue weighted by molar-refractivity contribution is -0.131. The predicted molar refractivity (Wildman–Crippen MR) is 63.5 cm³/mol. The number of benzene rings is 1. The highest BCUT2D eigenvalue weighted by molar-refractivity contribution is 5.85. The molecular weight excluding hydrogens is 223 g/mol. The number of hydrogen-bond acceptors (Lipinski definition) is 2. The Morgan fingerprint density at radius 2 is 2.06 bits per heavy atom. The number of halogens is 1. The monoisotopic (exact) mass is 238 g/mol. The van der Waals surface area contributed by atoms with Crippen LogP contribution in [0.3, 0.4) is 0 Å². The highest BCUT2D eigenvalue weighted by Gasteiger charge is 2.14. The van der Waals surface area contributed by atoms with E-state index in [-0.39, 0.29) is 5.75 Å². The lowest BCUT2D eigenvalue weighted by Crippen LogP contribution is -2.23. The van der Waals surface area contributed by atoms with Gasteiger partial charge >= 0.3 is 5.97 Å². The quantitative estimate of drug-likeness (QED) is 0.823. The van der Waals surface area contributed by atoms with E-state index in [9.17, 15) is 9.18 Å². The number of carboxylic acids is 1. The van der Waals surface area contributed by atoms with Gasteiger partial charge in [-0.2, -0.15) is 0 Å². The van der Waals surface area contributed by atoms with Crippen molar-refractivity contribution < 1.29 is 19.0 Å². The van der Waals surface area contributed by atoms with Gasteiger partial charge < -0.3 is 9.84 Å². The zero-order chi connectivity index (χ0) is 13.1. The van der Waals surface area contributed by atoms with E-state index >= 15 is 0 Å². The van der Waals surface area contributed by atoms with Crippen molar-refractivity contribution in [2.24, 2.45) is 0 Å². The number of hydrogen-bond donors (Lipinski definition) is 1. The smallest absolute Gasteiger partial charge is 0.328 e. The van der Waals surface area contributed by atoms with Gasteiger partial charge in [-0.05, 0) is 44.5 Å². The second-order valence-electron chi connectivity index (χ2n) is 4.58. The molecule has 0 aliphatic rings. The zero-order valence-corrected chi connectivity index (χ0v) is 10.0. The largest absolute Gasteiger partial charge is 0.485 e. The van der Waals surface area contributed by atoms with Crippen LogP contribution in [0, 0.1) is 5.82 Å². The van der Waals surface area contributed by atoms with Crippen LogP contribution in [0.1, 0.15) is 26.3 Å². The normalized spacial score (nSPS) is 11.8. The lowest BCUT2D eigenvalue weighted by Gasteiger charge is -2.21. The maximum absolute atomic E-state index is 13.6. The van der Waals surface area contributed by atoms with Crippen molar-refractivity contribution in [2.45, 2.75) is 26.4 Å². The Kier molecular flexibility index (Phi) is 3.89. The number of rotatable bonds is 3. The molecule has 1 aromatic rings. The summed E-state index contributed by atoms with van der Waals surface area (Å²) in [6.45, 7) is 5.47. The van der Waals surface area contributed by atoms with Crippen LogP contribution in [-0.4, -0.2) is 16.7 Å². The summed E-state index contributed by atoms with van der Waals surface area (Å²) in [7, 11) is 0. The molecule has 1 aromatic carbocycles. The molecule has 0 amide bonds. The molecule has 0 radical (unpaired) electrons. The molecule has 17 heavy (non-hydrogen) atoms. The van der Waals surface area contributed by atoms with E-state index in [1.807, 2.05) is 20.8 Å². The molecule has 0 unspecified atom stereocenters. The summed E-state index contributed by atoms with van der Waals surface area (Å²) in [6, 6.07) is 4.33. The Hall–Kier alpha value is -1.84. The SMILES string of the molecule is CC(C)(C)Oc1ccc(C=CC(=O)O)cc1F. The molecule has 0 bridgehead atoms. The molecule has 0 spiro atoms. The second kappa shape index (κ2) is 4.99. The summed E-state index contributed by atoms with van der Waals surface area (Å²) in [6.07, 6.45) is 2.28. The van der Waals surface area contributed by atoms with Crippen molar-refractivity contribution in [1.82, 2.24) is 0 Å². The molecule has 0 aromatic heterocycles. The fourth-order valence-electron chi connectivity index (χ4n) is 1.20. The third-order valence-electron chi connectivity index (χ3n) is 1.79. The Morgan fingerprint density at radius 3 is 2.53 bits per heavy atom. The Labute approximate surface area is 99.5 Å². The fraction of sp³-hybridized carbons (Fsp3) is 0.308. The van der Waals surface area contributed by atoms with E-state index in [0.717, 1.165) is 6.08 Å². The summed E-state index contributed by atoms with van der Waals surface area (Å²) in [5.74, 6) is -1.42. The van der Waals surface area contributed by atoms with Gasteiger partial charge in [-0.1, -0.05) is 6.07 Å². The topological polar surface area (TPSA) is 46.5 Å². The third kappa shape index (κ3) is 4.68. The minimum absolute atomic E-state index is 0.157. The van der Waals surface area contributed by atoms with Crippen molar-refractivity contribution in [3.8, 4) is 5.75 Å². The van der Waals surface area contributed by atoms with Crippen molar-refractivity contribution in [2.75, 3.05) is 0 Å². The van der Waals surface area contributed by atoms with Crippen LogP contribution in [0.25, 0.3) is 6.08 Å². The predicted octanol–water partition coefficient (Wildman–Crippen LogP) is 3.10. The standard InChI is InChI=1S/C13H15FO3/c1-13(2,3)17-11-6-4-9(8-10(11)14)5-7-12(15)16/h4-8H,1-3H3,(H,15,16). The van der Waals surface area contributed by atoms with Crippen molar-refractivity contribution in [1.29, 1.82) is 0 Å². The molecule has 0 saturated heterocycles. The highest BCUT2D eigenvalue weighted by Crippen LogP contribution is 2.23. The minimum Gasteiger partial charge on any atom is -0.485 e. The van der Waals surface area contributed by atoms with Crippen molar-refractivity contribution >= 4 is 12.0 Å². The summed E-state index contributed by atoms with van der Waals surface area (Å²) >= 11 is 0. The molecule has 92 valence electrons. The third-order valence-corrected chi connectivity index (χ3v) is 1.79. The minimum atomic E-state index is -1.07. The first-order valence-electron chi connectivity index (χ1n) is 5.17. The number of aliphatic carboxylic acids is 1. The Bertz CT molecular complexity index is 444. The van der Waals surface area contributed by atoms with E-state index in [2.05, 4.69) is 0 Å². The summed E-state index contributed by atoms with van der Waals surface area (Å²) in [4.78, 5) is 10.3. The van der Waals surface area contributed by atoms with Crippen molar-refractivity contribution in [3.05, 3.63) is 35.7 Å². The highest BCUT2D eigenvalue weighted by atomic mass is 19.1. The molecule has 0 saturated carbocycles. The Balaban J connectivity index is 2.90. The van der Waals surface area contributed by atoms with Crippen LogP contribution in [0.4, 0.5) is 4.39 Å². The molecule has 0 atom stereocenters. The van der Waals surface area contributed by atoms with Crippen molar-refractivity contribution in [3.63, 3.8) is 0 Å². The van der Waals surface area contributed by atoms with Gasteiger partial charge in [0.15, 0.2) is 11.6 Å². The molecule has 0 fully saturated rings. The molecular formula is C13H15FO3. The maximum Gasteiger partial charge on any atom is 0.328 e. The zero-order valence-electron chi connectivity index (χ0n) is 10.0. The van der Waals surface area contributed by atoms with Crippen LogP contribution in [0.5, 0.6) is 5.75 Å². The molecule has 1 N–H and O–H groups in total. The summed E-state index contributed by atoms with van der Waals surface area (Å²) in [5, 5.41) is 8.45. The van der Waals surface area contributed by atoms with Crippen LogP contribution < -0.4 is 4.74 Å². The van der Waals surface area contributed by atoms with E-state index in [1.54, 1.807) is 6.07 Å². The first kappa shape index (κ1) is 13.2. The fourth-order valence-corrected chi connectivity index (χ4v) is 1.20. The summed E-state index contributed by atoms with van der Waals surface area (Å²) < 4.78 is 19.0. The van der Waals surface area contributed by atoms with Gasteiger partial charge in [-0.3, -0.25) is 0 Å². The molecule has 1 rings (SSSR count). The van der Waals surface area contributed by atoms with E-state index < -0.39 is 17.4 Å². The van der Waals surface area contributed by atoms with Gasteiger partial charge in [0.2, 0.25) is 0 Å². The lowest BCUT2D eigenvalue weighted by atomic mass is 10.1. The van der Waals surface area contributed by atoms with Crippen LogP contribution >= 0.6 is 0 Å². The van der Waals surface area contributed by atoms with Crippen LogP contribution in [0.15, 0.2) is 24.3 Å².